The Kier molecular flexibility index (Phi) is 9.46. The number of hydrogen-bond acceptors (Lipinski definition) is 5. The molecular formula is C25H35ClF3N5O2Si. The van der Waals surface area contributed by atoms with Crippen molar-refractivity contribution >= 4 is 37.3 Å². The number of fused-ring (bicyclic) bond motifs is 1. The predicted molar refractivity (Wildman–Crippen MR) is 143 cm³/mol. The standard InChI is InChI=1S/C25H35ClF3N5O2Si/c1-16(2)22(24(35)32-14-25(27,28)29)33-19-8-17(10-30-12-19)21-13-34(15-36-6-7-37(3,4)5)23-20(21)9-18(26)11-31-23/h8-10,12-13,16,18,22,33H,6-7,11,14-15H2,1-5H3,(H,32,35). The van der Waals surface area contributed by atoms with E-state index in [9.17, 15) is 18.0 Å². The van der Waals surface area contributed by atoms with Gasteiger partial charge in [-0.3, -0.25) is 14.8 Å². The van der Waals surface area contributed by atoms with E-state index in [1.807, 2.05) is 28.2 Å². The first-order valence-corrected chi connectivity index (χ1v) is 16.4. The van der Waals surface area contributed by atoms with Gasteiger partial charge < -0.3 is 19.9 Å². The van der Waals surface area contributed by atoms with Gasteiger partial charge in [0, 0.05) is 49.6 Å². The fourth-order valence-electron chi connectivity index (χ4n) is 3.86. The lowest BCUT2D eigenvalue weighted by Gasteiger charge is -2.23. The van der Waals surface area contributed by atoms with Crippen LogP contribution >= 0.6 is 11.6 Å². The Hall–Kier alpha value is -2.37. The van der Waals surface area contributed by atoms with Crippen LogP contribution in [0.25, 0.3) is 17.2 Å². The van der Waals surface area contributed by atoms with Crippen LogP contribution in [0.4, 0.5) is 18.9 Å². The summed E-state index contributed by atoms with van der Waals surface area (Å²) in [5.74, 6) is -0.989. The number of anilines is 1. The molecule has 2 unspecified atom stereocenters. The molecule has 0 saturated heterocycles. The normalized spacial score (nSPS) is 16.5. The highest BCUT2D eigenvalue weighted by Crippen LogP contribution is 2.21. The number of aromatic nitrogens is 2. The Labute approximate surface area is 221 Å². The highest BCUT2D eigenvalue weighted by molar-refractivity contribution is 6.76. The van der Waals surface area contributed by atoms with E-state index in [4.69, 9.17) is 16.3 Å². The molecule has 2 aromatic heterocycles. The lowest BCUT2D eigenvalue weighted by Crippen LogP contribution is -2.46. The van der Waals surface area contributed by atoms with E-state index in [1.54, 1.807) is 20.0 Å². The Bertz CT molecular complexity index is 1210. The Balaban J connectivity index is 1.85. The molecule has 0 aliphatic carbocycles. The number of ether oxygens (including phenoxy) is 1. The first-order valence-electron chi connectivity index (χ1n) is 12.3. The molecule has 204 valence electrons. The van der Waals surface area contributed by atoms with Crippen molar-refractivity contribution in [3.05, 3.63) is 35.4 Å². The topological polar surface area (TPSA) is 80.5 Å². The smallest absolute Gasteiger partial charge is 0.372 e. The van der Waals surface area contributed by atoms with Gasteiger partial charge in [-0.05, 0) is 18.0 Å². The third kappa shape index (κ3) is 8.58. The number of halogens is 4. The van der Waals surface area contributed by atoms with Gasteiger partial charge in [0.2, 0.25) is 5.91 Å². The highest BCUT2D eigenvalue weighted by Gasteiger charge is 2.30. The van der Waals surface area contributed by atoms with Crippen molar-refractivity contribution in [1.82, 2.24) is 14.9 Å². The molecule has 2 aromatic rings. The molecular weight excluding hydrogens is 523 g/mol. The van der Waals surface area contributed by atoms with Gasteiger partial charge >= 0.3 is 6.18 Å². The zero-order chi connectivity index (χ0) is 27.4. The Morgan fingerprint density at radius 3 is 2.68 bits per heavy atom. The van der Waals surface area contributed by atoms with Gasteiger partial charge in [-0.1, -0.05) is 39.6 Å². The Morgan fingerprint density at radius 2 is 2.03 bits per heavy atom. The lowest BCUT2D eigenvalue weighted by atomic mass is 10.0. The largest absolute Gasteiger partial charge is 0.405 e. The van der Waals surface area contributed by atoms with Crippen molar-refractivity contribution in [2.45, 2.75) is 63.9 Å². The second-order valence-corrected chi connectivity index (χ2v) is 17.0. The van der Waals surface area contributed by atoms with Crippen LogP contribution in [0.3, 0.4) is 0 Å². The van der Waals surface area contributed by atoms with Crippen LogP contribution in [0.5, 0.6) is 0 Å². The van der Waals surface area contributed by atoms with Gasteiger partial charge in [-0.2, -0.15) is 13.2 Å². The molecule has 3 heterocycles. The quantitative estimate of drug-likeness (QED) is 0.249. The summed E-state index contributed by atoms with van der Waals surface area (Å²) < 4.78 is 45.7. The molecule has 7 nitrogen and oxygen atoms in total. The van der Waals surface area contributed by atoms with Gasteiger partial charge in [0.25, 0.3) is 0 Å². The van der Waals surface area contributed by atoms with Crippen molar-refractivity contribution < 1.29 is 22.7 Å². The fraction of sp³-hybridized carbons (Fsp3) is 0.560. The summed E-state index contributed by atoms with van der Waals surface area (Å²) in [6, 6.07) is 2.00. The van der Waals surface area contributed by atoms with E-state index in [1.165, 1.54) is 6.20 Å². The van der Waals surface area contributed by atoms with E-state index in [0.29, 0.717) is 25.6 Å². The van der Waals surface area contributed by atoms with E-state index < -0.39 is 32.7 Å². The highest BCUT2D eigenvalue weighted by atomic mass is 35.5. The second kappa shape index (κ2) is 12.0. The molecule has 0 spiro atoms. The van der Waals surface area contributed by atoms with Crippen LogP contribution in [0.15, 0.2) is 29.6 Å². The summed E-state index contributed by atoms with van der Waals surface area (Å²) in [4.78, 5) is 21.4. The molecule has 0 fully saturated rings. The van der Waals surface area contributed by atoms with E-state index in [0.717, 1.165) is 27.9 Å². The van der Waals surface area contributed by atoms with Crippen LogP contribution < -0.4 is 21.3 Å². The zero-order valence-electron chi connectivity index (χ0n) is 21.8. The molecule has 3 rings (SSSR count). The average molecular weight is 558 g/mol. The predicted octanol–water partition coefficient (Wildman–Crippen LogP) is 4.00. The SMILES string of the molecule is CC(C)C(Nc1cncc(-c2cn(COCC[Si](C)(C)C)c3c2=CC(Cl)CN=3)c1)C(=O)NCC(F)(F)F. The number of nitrogens with one attached hydrogen (secondary N) is 2. The van der Waals surface area contributed by atoms with Gasteiger partial charge in [0.1, 0.15) is 24.8 Å². The van der Waals surface area contributed by atoms with Crippen LogP contribution in [0.2, 0.25) is 25.7 Å². The molecule has 0 bridgehead atoms. The molecule has 1 aliphatic rings. The number of rotatable bonds is 11. The molecule has 2 atom stereocenters. The molecule has 2 N–H and O–H groups in total. The number of nitrogens with zero attached hydrogens (tertiary/aromatic N) is 3. The van der Waals surface area contributed by atoms with Crippen molar-refractivity contribution in [2.24, 2.45) is 10.9 Å². The third-order valence-electron chi connectivity index (χ3n) is 5.86. The number of pyridine rings is 1. The zero-order valence-corrected chi connectivity index (χ0v) is 23.6. The summed E-state index contributed by atoms with van der Waals surface area (Å²) in [5.41, 5.74) is 2.92. The van der Waals surface area contributed by atoms with Crippen LogP contribution in [0, 0.1) is 5.92 Å². The minimum absolute atomic E-state index is 0.244. The monoisotopic (exact) mass is 557 g/mol. The minimum Gasteiger partial charge on any atom is -0.372 e. The molecule has 1 amide bonds. The molecule has 1 aliphatic heterocycles. The van der Waals surface area contributed by atoms with E-state index >= 15 is 0 Å². The van der Waals surface area contributed by atoms with Gasteiger partial charge in [0.15, 0.2) is 0 Å². The summed E-state index contributed by atoms with van der Waals surface area (Å²) in [6.45, 7) is 10.5. The number of hydrogen-bond donors (Lipinski definition) is 2. The maximum absolute atomic E-state index is 12.6. The number of carbonyl (C=O) groups is 1. The number of carbonyl (C=O) groups excluding carboxylic acids is 1. The van der Waals surface area contributed by atoms with Crippen LogP contribution in [-0.4, -0.2) is 60.8 Å². The van der Waals surface area contributed by atoms with E-state index in [-0.39, 0.29) is 11.3 Å². The molecule has 12 heteroatoms. The first-order chi connectivity index (χ1) is 17.2. The van der Waals surface area contributed by atoms with Crippen LogP contribution in [-0.2, 0) is 16.3 Å². The first kappa shape index (κ1) is 29.2. The number of alkyl halides is 4. The Morgan fingerprint density at radius 1 is 1.30 bits per heavy atom. The van der Waals surface area contributed by atoms with Crippen molar-refractivity contribution in [2.75, 3.05) is 25.0 Å². The summed E-state index contributed by atoms with van der Waals surface area (Å²) in [6.07, 6.45) is 2.66. The maximum atomic E-state index is 12.6. The molecule has 0 aromatic carbocycles. The molecule has 0 saturated carbocycles. The van der Waals surface area contributed by atoms with E-state index in [2.05, 4.69) is 34.9 Å². The summed E-state index contributed by atoms with van der Waals surface area (Å²) in [7, 11) is -1.21. The van der Waals surface area contributed by atoms with Gasteiger partial charge in [-0.25, -0.2) is 0 Å². The summed E-state index contributed by atoms with van der Waals surface area (Å²) in [5, 5.41) is 5.64. The van der Waals surface area contributed by atoms with Crippen molar-refractivity contribution in [3.63, 3.8) is 0 Å². The lowest BCUT2D eigenvalue weighted by molar-refractivity contribution is -0.139. The third-order valence-corrected chi connectivity index (χ3v) is 7.83. The second-order valence-electron chi connectivity index (χ2n) is 10.8. The van der Waals surface area contributed by atoms with Gasteiger partial charge in [-0.15, -0.1) is 11.6 Å². The summed E-state index contributed by atoms with van der Waals surface area (Å²) >= 11 is 6.38. The molecule has 37 heavy (non-hydrogen) atoms. The average Bonchev–Trinajstić information content (AvgIpc) is 3.15. The van der Waals surface area contributed by atoms with Crippen molar-refractivity contribution in [3.8, 4) is 11.1 Å². The number of amides is 1. The maximum Gasteiger partial charge on any atom is 0.405 e. The molecule has 0 radical (unpaired) electrons. The fourth-order valence-corrected chi connectivity index (χ4v) is 4.81. The van der Waals surface area contributed by atoms with Gasteiger partial charge in [0.05, 0.1) is 17.6 Å². The van der Waals surface area contributed by atoms with Crippen LogP contribution in [0.1, 0.15) is 13.8 Å². The minimum atomic E-state index is -4.48. The van der Waals surface area contributed by atoms with Crippen molar-refractivity contribution in [1.29, 1.82) is 0 Å².